The van der Waals surface area contributed by atoms with Gasteiger partial charge in [-0.3, -0.25) is 9.89 Å². The third kappa shape index (κ3) is 2.41. The molecule has 0 aliphatic carbocycles. The zero-order valence-corrected chi connectivity index (χ0v) is 10.1. The second kappa shape index (κ2) is 4.63. The number of carbonyl (C=O) groups excluding carboxylic acids is 1. The van der Waals surface area contributed by atoms with Crippen LogP contribution in [0.5, 0.6) is 0 Å². The lowest BCUT2D eigenvalue weighted by atomic mass is 10.4. The molecular formula is C9H10N4O4S. The zero-order valence-electron chi connectivity index (χ0n) is 9.30. The number of nitrogens with zero attached hydrogens (tertiary/aromatic N) is 1. The monoisotopic (exact) mass is 270 g/mol. The van der Waals surface area contributed by atoms with Crippen LogP contribution in [0, 0.1) is 0 Å². The van der Waals surface area contributed by atoms with Gasteiger partial charge in [0.05, 0.1) is 6.20 Å². The van der Waals surface area contributed by atoms with E-state index in [-0.39, 0.29) is 10.9 Å². The summed E-state index contributed by atoms with van der Waals surface area (Å²) in [7, 11) is -2.44. The minimum atomic E-state index is -3.69. The number of amides is 1. The Bertz CT molecular complexity index is 644. The first-order valence-corrected chi connectivity index (χ1v) is 6.35. The molecule has 0 aliphatic rings. The third-order valence-corrected chi connectivity index (χ3v) is 3.37. The van der Waals surface area contributed by atoms with Crippen molar-refractivity contribution in [3.63, 3.8) is 0 Å². The van der Waals surface area contributed by atoms with Crippen LogP contribution in [0.3, 0.4) is 0 Å². The van der Waals surface area contributed by atoms with Gasteiger partial charge in [-0.2, -0.15) is 5.10 Å². The smallest absolute Gasteiger partial charge is 0.292 e. The first kappa shape index (κ1) is 12.3. The highest BCUT2D eigenvalue weighted by atomic mass is 32.2. The quantitative estimate of drug-likeness (QED) is 0.731. The first-order chi connectivity index (χ1) is 8.53. The molecule has 0 aliphatic heterocycles. The van der Waals surface area contributed by atoms with Gasteiger partial charge in [-0.1, -0.05) is 0 Å². The fraction of sp³-hybridized carbons (Fsp3) is 0.111. The van der Waals surface area contributed by atoms with E-state index in [2.05, 4.69) is 20.2 Å². The van der Waals surface area contributed by atoms with Crippen molar-refractivity contribution in [2.45, 2.75) is 5.09 Å². The normalized spacial score (nSPS) is 11.4. The number of anilines is 1. The molecule has 0 aromatic carbocycles. The maximum absolute atomic E-state index is 11.7. The van der Waals surface area contributed by atoms with Crippen LogP contribution < -0.4 is 10.0 Å². The Morgan fingerprint density at radius 2 is 2.17 bits per heavy atom. The molecule has 0 saturated heterocycles. The molecule has 0 fully saturated rings. The van der Waals surface area contributed by atoms with Gasteiger partial charge in [0.15, 0.2) is 5.76 Å². The van der Waals surface area contributed by atoms with Gasteiger partial charge in [0.2, 0.25) is 5.09 Å². The van der Waals surface area contributed by atoms with E-state index in [4.69, 9.17) is 4.42 Å². The molecule has 96 valence electrons. The molecule has 2 aromatic rings. The number of aromatic amines is 1. The van der Waals surface area contributed by atoms with Crippen LogP contribution in [0.25, 0.3) is 0 Å². The summed E-state index contributed by atoms with van der Waals surface area (Å²) in [6.45, 7) is 0. The Morgan fingerprint density at radius 1 is 1.39 bits per heavy atom. The van der Waals surface area contributed by atoms with Gasteiger partial charge >= 0.3 is 0 Å². The molecule has 2 rings (SSSR count). The number of hydrogen-bond donors (Lipinski definition) is 3. The number of H-pyrrole nitrogens is 1. The number of sulfonamides is 1. The van der Waals surface area contributed by atoms with Gasteiger partial charge in [-0.15, -0.1) is 0 Å². The summed E-state index contributed by atoms with van der Waals surface area (Å²) >= 11 is 0. The second-order valence-electron chi connectivity index (χ2n) is 3.25. The second-order valence-corrected chi connectivity index (χ2v) is 5.07. The van der Waals surface area contributed by atoms with Crippen molar-refractivity contribution in [3.8, 4) is 0 Å². The van der Waals surface area contributed by atoms with E-state index >= 15 is 0 Å². The standard InChI is InChI=1S/C9H10N4O4S/c1-10-18(15,16)8-3-2-6(17-8)9(14)12-7-4-5-11-13-7/h2-5,10H,1H3,(H2,11,12,13,14). The van der Waals surface area contributed by atoms with Crippen LogP contribution in [0.1, 0.15) is 10.6 Å². The van der Waals surface area contributed by atoms with E-state index in [1.807, 2.05) is 0 Å². The third-order valence-electron chi connectivity index (χ3n) is 2.09. The zero-order chi connectivity index (χ0) is 13.2. The minimum absolute atomic E-state index is 0.113. The Kier molecular flexibility index (Phi) is 3.17. The van der Waals surface area contributed by atoms with Crippen LogP contribution in [-0.2, 0) is 10.0 Å². The Morgan fingerprint density at radius 3 is 2.78 bits per heavy atom. The summed E-state index contributed by atoms with van der Waals surface area (Å²) in [5, 5.41) is 8.32. The average Bonchev–Trinajstić information content (AvgIpc) is 2.99. The number of rotatable bonds is 4. The minimum Gasteiger partial charge on any atom is -0.438 e. The van der Waals surface area contributed by atoms with Gasteiger partial charge in [0.25, 0.3) is 15.9 Å². The lowest BCUT2D eigenvalue weighted by Crippen LogP contribution is -2.18. The lowest BCUT2D eigenvalue weighted by molar-refractivity contribution is 0.0991. The molecule has 0 atom stereocenters. The summed E-state index contributed by atoms with van der Waals surface area (Å²) < 4.78 is 29.8. The van der Waals surface area contributed by atoms with Crippen molar-refractivity contribution in [1.29, 1.82) is 0 Å². The van der Waals surface area contributed by atoms with Crippen LogP contribution in [0.15, 0.2) is 33.9 Å². The number of nitrogens with one attached hydrogen (secondary N) is 3. The first-order valence-electron chi connectivity index (χ1n) is 4.87. The Hall–Kier alpha value is -2.13. The summed E-state index contributed by atoms with van der Waals surface area (Å²) in [4.78, 5) is 11.7. The van der Waals surface area contributed by atoms with Crippen LogP contribution in [0.2, 0.25) is 0 Å². The van der Waals surface area contributed by atoms with Crippen LogP contribution in [0.4, 0.5) is 5.82 Å². The number of aromatic nitrogens is 2. The van der Waals surface area contributed by atoms with E-state index in [1.165, 1.54) is 25.4 Å². The molecule has 0 bridgehead atoms. The molecule has 0 saturated carbocycles. The summed E-state index contributed by atoms with van der Waals surface area (Å²) in [6.07, 6.45) is 1.47. The largest absolute Gasteiger partial charge is 0.438 e. The van der Waals surface area contributed by atoms with Gasteiger partial charge < -0.3 is 9.73 Å². The topological polar surface area (TPSA) is 117 Å². The molecule has 3 N–H and O–H groups in total. The molecule has 0 radical (unpaired) electrons. The highest BCUT2D eigenvalue weighted by Crippen LogP contribution is 2.14. The molecule has 18 heavy (non-hydrogen) atoms. The molecule has 0 unspecified atom stereocenters. The fourth-order valence-corrected chi connectivity index (χ4v) is 1.84. The molecule has 2 heterocycles. The molecule has 0 spiro atoms. The van der Waals surface area contributed by atoms with Crippen molar-refractivity contribution in [2.75, 3.05) is 12.4 Å². The Labute approximate surface area is 102 Å². The van der Waals surface area contributed by atoms with E-state index in [0.29, 0.717) is 5.82 Å². The number of hydrogen-bond acceptors (Lipinski definition) is 5. The van der Waals surface area contributed by atoms with Gasteiger partial charge in [0.1, 0.15) is 5.82 Å². The molecule has 2 aromatic heterocycles. The van der Waals surface area contributed by atoms with Gasteiger partial charge in [-0.25, -0.2) is 13.1 Å². The predicted molar refractivity (Wildman–Crippen MR) is 61.5 cm³/mol. The van der Waals surface area contributed by atoms with Crippen molar-refractivity contribution in [3.05, 3.63) is 30.2 Å². The fourth-order valence-electron chi connectivity index (χ4n) is 1.20. The summed E-state index contributed by atoms with van der Waals surface area (Å²) in [6, 6.07) is 4.02. The Balaban J connectivity index is 2.18. The van der Waals surface area contributed by atoms with E-state index in [0.717, 1.165) is 0 Å². The molecular weight excluding hydrogens is 260 g/mol. The maximum atomic E-state index is 11.7. The van der Waals surface area contributed by atoms with Crippen LogP contribution in [-0.4, -0.2) is 31.6 Å². The van der Waals surface area contributed by atoms with E-state index in [9.17, 15) is 13.2 Å². The van der Waals surface area contributed by atoms with Crippen LogP contribution >= 0.6 is 0 Å². The lowest BCUT2D eigenvalue weighted by Gasteiger charge is -1.99. The summed E-state index contributed by atoms with van der Waals surface area (Å²) in [5.74, 6) is -0.301. The maximum Gasteiger partial charge on any atom is 0.292 e. The van der Waals surface area contributed by atoms with Crippen molar-refractivity contribution < 1.29 is 17.6 Å². The van der Waals surface area contributed by atoms with Crippen molar-refractivity contribution >= 4 is 21.7 Å². The molecule has 1 amide bonds. The van der Waals surface area contributed by atoms with E-state index in [1.54, 1.807) is 6.07 Å². The predicted octanol–water partition coefficient (Wildman–Crippen LogP) is 0.163. The highest BCUT2D eigenvalue weighted by Gasteiger charge is 2.19. The summed E-state index contributed by atoms with van der Waals surface area (Å²) in [5.41, 5.74) is 0. The van der Waals surface area contributed by atoms with Crippen molar-refractivity contribution in [1.82, 2.24) is 14.9 Å². The molecule has 9 heteroatoms. The SMILES string of the molecule is CNS(=O)(=O)c1ccc(C(=O)Nc2ccn[nH]2)o1. The number of carbonyl (C=O) groups is 1. The average molecular weight is 270 g/mol. The van der Waals surface area contributed by atoms with Crippen molar-refractivity contribution in [2.24, 2.45) is 0 Å². The van der Waals surface area contributed by atoms with E-state index < -0.39 is 15.9 Å². The molecule has 8 nitrogen and oxygen atoms in total. The number of furan rings is 1. The van der Waals surface area contributed by atoms with Gasteiger partial charge in [0, 0.05) is 6.07 Å². The highest BCUT2D eigenvalue weighted by molar-refractivity contribution is 7.89. The van der Waals surface area contributed by atoms with Gasteiger partial charge in [-0.05, 0) is 19.2 Å².